The van der Waals surface area contributed by atoms with Crippen LogP contribution in [0.3, 0.4) is 0 Å². The Labute approximate surface area is 103 Å². The summed E-state index contributed by atoms with van der Waals surface area (Å²) in [5.74, 6) is 0.131. The summed E-state index contributed by atoms with van der Waals surface area (Å²) in [6.07, 6.45) is 4.12. The fraction of sp³-hybridized carbons (Fsp3) is 0.667. The number of amides is 1. The van der Waals surface area contributed by atoms with Crippen molar-refractivity contribution in [1.29, 1.82) is 0 Å². The van der Waals surface area contributed by atoms with E-state index in [2.05, 4.69) is 24.1 Å². The second-order valence-corrected chi connectivity index (χ2v) is 4.89. The van der Waals surface area contributed by atoms with E-state index >= 15 is 0 Å². The Morgan fingerprint density at radius 1 is 1.53 bits per heavy atom. The van der Waals surface area contributed by atoms with Gasteiger partial charge in [0.05, 0.1) is 17.6 Å². The molecule has 1 aromatic rings. The van der Waals surface area contributed by atoms with Crippen molar-refractivity contribution in [2.24, 2.45) is 0 Å². The molecule has 0 atom stereocenters. The van der Waals surface area contributed by atoms with Crippen molar-refractivity contribution >= 4 is 5.91 Å². The molecule has 0 spiro atoms. The predicted octanol–water partition coefficient (Wildman–Crippen LogP) is 0.816. The zero-order valence-electron chi connectivity index (χ0n) is 11.3. The quantitative estimate of drug-likeness (QED) is 0.826. The van der Waals surface area contributed by atoms with Crippen LogP contribution in [-0.2, 0) is 16.9 Å². The highest BCUT2D eigenvalue weighted by atomic mass is 16.2. The van der Waals surface area contributed by atoms with Crippen molar-refractivity contribution in [3.8, 4) is 0 Å². The van der Waals surface area contributed by atoms with Gasteiger partial charge in [0, 0.05) is 33.3 Å². The summed E-state index contributed by atoms with van der Waals surface area (Å²) >= 11 is 0. The van der Waals surface area contributed by atoms with Crippen molar-refractivity contribution < 1.29 is 4.79 Å². The van der Waals surface area contributed by atoms with Gasteiger partial charge in [0.1, 0.15) is 0 Å². The first-order valence-corrected chi connectivity index (χ1v) is 5.78. The van der Waals surface area contributed by atoms with Gasteiger partial charge < -0.3 is 14.8 Å². The summed E-state index contributed by atoms with van der Waals surface area (Å²) in [7, 11) is 5.46. The van der Waals surface area contributed by atoms with Crippen LogP contribution in [0.15, 0.2) is 12.5 Å². The minimum absolute atomic E-state index is 0.131. The van der Waals surface area contributed by atoms with Crippen LogP contribution in [0.2, 0.25) is 0 Å². The highest BCUT2D eigenvalue weighted by Crippen LogP contribution is 2.19. The molecule has 0 saturated carbocycles. The van der Waals surface area contributed by atoms with E-state index in [0.29, 0.717) is 13.0 Å². The molecule has 0 fully saturated rings. The maximum Gasteiger partial charge on any atom is 0.223 e. The average Bonchev–Trinajstić information content (AvgIpc) is 2.74. The molecule has 0 aliphatic heterocycles. The van der Waals surface area contributed by atoms with Crippen LogP contribution >= 0.6 is 0 Å². The van der Waals surface area contributed by atoms with Gasteiger partial charge in [0.25, 0.3) is 0 Å². The van der Waals surface area contributed by atoms with Gasteiger partial charge in [0.15, 0.2) is 0 Å². The number of aromatic nitrogens is 2. The number of carbonyl (C=O) groups excluding carboxylic acids is 1. The molecule has 0 saturated heterocycles. The fourth-order valence-electron chi connectivity index (χ4n) is 1.59. The number of hydrogen-bond acceptors (Lipinski definition) is 3. The number of nitrogens with zero attached hydrogens (tertiary/aromatic N) is 3. The van der Waals surface area contributed by atoms with Gasteiger partial charge in [-0.1, -0.05) is 0 Å². The summed E-state index contributed by atoms with van der Waals surface area (Å²) < 4.78 is 2.03. The molecule has 0 unspecified atom stereocenters. The van der Waals surface area contributed by atoms with Crippen LogP contribution in [0.25, 0.3) is 0 Å². The lowest BCUT2D eigenvalue weighted by molar-refractivity contribution is -0.128. The van der Waals surface area contributed by atoms with E-state index in [0.717, 1.165) is 5.69 Å². The van der Waals surface area contributed by atoms with Gasteiger partial charge in [-0.15, -0.1) is 0 Å². The minimum Gasteiger partial charge on any atom is -0.349 e. The van der Waals surface area contributed by atoms with Gasteiger partial charge in [-0.05, 0) is 20.9 Å². The Balaban J connectivity index is 2.74. The average molecular weight is 238 g/mol. The molecule has 0 aliphatic rings. The zero-order valence-corrected chi connectivity index (χ0v) is 11.3. The Kier molecular flexibility index (Phi) is 4.28. The van der Waals surface area contributed by atoms with Crippen molar-refractivity contribution in [2.75, 3.05) is 21.1 Å². The summed E-state index contributed by atoms with van der Waals surface area (Å²) in [6.45, 7) is 4.85. The minimum atomic E-state index is -0.141. The predicted molar refractivity (Wildman–Crippen MR) is 67.6 cm³/mol. The largest absolute Gasteiger partial charge is 0.349 e. The molecule has 1 amide bonds. The highest BCUT2D eigenvalue weighted by molar-refractivity contribution is 5.75. The van der Waals surface area contributed by atoms with Crippen LogP contribution in [-0.4, -0.2) is 41.5 Å². The summed E-state index contributed by atoms with van der Waals surface area (Å²) in [4.78, 5) is 17.3. The Morgan fingerprint density at radius 3 is 2.71 bits per heavy atom. The highest BCUT2D eigenvalue weighted by Gasteiger charge is 2.22. The number of hydrogen-bond donors (Lipinski definition) is 1. The number of rotatable bonds is 5. The fourth-order valence-corrected chi connectivity index (χ4v) is 1.59. The molecule has 5 heteroatoms. The molecule has 1 aromatic heterocycles. The first kappa shape index (κ1) is 13.7. The summed E-state index contributed by atoms with van der Waals surface area (Å²) in [5.41, 5.74) is 0.948. The first-order chi connectivity index (χ1) is 7.88. The van der Waals surface area contributed by atoms with Crippen molar-refractivity contribution in [3.63, 3.8) is 0 Å². The second kappa shape index (κ2) is 5.31. The number of carbonyl (C=O) groups is 1. The molecule has 96 valence electrons. The van der Waals surface area contributed by atoms with Gasteiger partial charge >= 0.3 is 0 Å². The number of nitrogens with one attached hydrogen (secondary N) is 1. The second-order valence-electron chi connectivity index (χ2n) is 4.89. The smallest absolute Gasteiger partial charge is 0.223 e. The third kappa shape index (κ3) is 3.30. The SMILES string of the molecule is CNC(C)(C)c1cncn1CCC(=O)N(C)C. The monoisotopic (exact) mass is 238 g/mol. The van der Waals surface area contributed by atoms with Crippen molar-refractivity contribution in [3.05, 3.63) is 18.2 Å². The van der Waals surface area contributed by atoms with Crippen molar-refractivity contribution in [2.45, 2.75) is 32.4 Å². The molecule has 17 heavy (non-hydrogen) atoms. The molecule has 0 aliphatic carbocycles. The summed E-state index contributed by atoms with van der Waals surface area (Å²) in [5, 5.41) is 3.24. The molecule has 1 rings (SSSR count). The molecular weight excluding hydrogens is 216 g/mol. The topological polar surface area (TPSA) is 50.2 Å². The van der Waals surface area contributed by atoms with E-state index in [9.17, 15) is 4.79 Å². The Bertz CT molecular complexity index is 382. The molecule has 1 N–H and O–H groups in total. The van der Waals surface area contributed by atoms with E-state index in [1.165, 1.54) is 0 Å². The van der Waals surface area contributed by atoms with Crippen LogP contribution in [0.5, 0.6) is 0 Å². The molecule has 0 radical (unpaired) electrons. The lowest BCUT2D eigenvalue weighted by Crippen LogP contribution is -2.35. The van der Waals surface area contributed by atoms with Crippen LogP contribution < -0.4 is 5.32 Å². The van der Waals surface area contributed by atoms with Crippen LogP contribution in [0.4, 0.5) is 0 Å². The van der Waals surface area contributed by atoms with Crippen LogP contribution in [0.1, 0.15) is 26.0 Å². The normalized spacial score (nSPS) is 11.6. The lowest BCUT2D eigenvalue weighted by Gasteiger charge is -2.25. The Hall–Kier alpha value is -1.36. The Morgan fingerprint density at radius 2 is 2.18 bits per heavy atom. The molecule has 0 bridgehead atoms. The molecule has 5 nitrogen and oxygen atoms in total. The number of imidazole rings is 1. The molecular formula is C12H22N4O. The van der Waals surface area contributed by atoms with E-state index in [1.807, 2.05) is 17.8 Å². The van der Waals surface area contributed by atoms with Gasteiger partial charge in [-0.25, -0.2) is 4.98 Å². The van der Waals surface area contributed by atoms with Crippen molar-refractivity contribution in [1.82, 2.24) is 19.8 Å². The van der Waals surface area contributed by atoms with E-state index in [1.54, 1.807) is 25.3 Å². The molecule has 1 heterocycles. The van der Waals surface area contributed by atoms with Gasteiger partial charge in [-0.3, -0.25) is 4.79 Å². The summed E-state index contributed by atoms with van der Waals surface area (Å²) in [6, 6.07) is 0. The van der Waals surface area contributed by atoms with E-state index in [-0.39, 0.29) is 11.4 Å². The molecule has 0 aromatic carbocycles. The third-order valence-electron chi connectivity index (χ3n) is 3.04. The maximum absolute atomic E-state index is 11.5. The van der Waals surface area contributed by atoms with Crippen LogP contribution in [0, 0.1) is 0 Å². The first-order valence-electron chi connectivity index (χ1n) is 5.78. The third-order valence-corrected chi connectivity index (χ3v) is 3.04. The van der Waals surface area contributed by atoms with Gasteiger partial charge in [0.2, 0.25) is 5.91 Å². The van der Waals surface area contributed by atoms with E-state index in [4.69, 9.17) is 0 Å². The van der Waals surface area contributed by atoms with E-state index < -0.39 is 0 Å². The zero-order chi connectivity index (χ0) is 13.1. The number of aryl methyl sites for hydroxylation is 1. The maximum atomic E-state index is 11.5. The van der Waals surface area contributed by atoms with Gasteiger partial charge in [-0.2, -0.15) is 0 Å². The lowest BCUT2D eigenvalue weighted by atomic mass is 10.0. The standard InChI is InChI=1S/C12H22N4O/c1-12(2,13-3)10-8-14-9-16(10)7-6-11(17)15(4)5/h8-9,13H,6-7H2,1-5H3.